The van der Waals surface area contributed by atoms with Crippen LogP contribution in [0.3, 0.4) is 0 Å². The Kier molecular flexibility index (Phi) is 6.99. The molecule has 0 bridgehead atoms. The molecule has 2 fully saturated rings. The number of rotatable bonds is 6. The number of ether oxygens (including phenoxy) is 1. The van der Waals surface area contributed by atoms with Gasteiger partial charge in [-0.05, 0) is 55.7 Å². The number of carbonyl (C=O) groups is 2. The van der Waals surface area contributed by atoms with Gasteiger partial charge in [0.1, 0.15) is 5.75 Å². The van der Waals surface area contributed by atoms with E-state index in [0.29, 0.717) is 43.1 Å². The van der Waals surface area contributed by atoms with Crippen molar-refractivity contribution in [1.29, 1.82) is 0 Å². The minimum atomic E-state index is -3.67. The molecule has 2 aliphatic heterocycles. The molecule has 0 radical (unpaired) electrons. The third-order valence-electron chi connectivity index (χ3n) is 6.12. The Morgan fingerprint density at radius 2 is 1.73 bits per heavy atom. The van der Waals surface area contributed by atoms with E-state index in [1.807, 2.05) is 0 Å². The fourth-order valence-electron chi connectivity index (χ4n) is 4.31. The molecule has 2 saturated heterocycles. The van der Waals surface area contributed by atoms with Crippen LogP contribution in [0.5, 0.6) is 5.75 Å². The topological polar surface area (TPSA) is 96.0 Å². The van der Waals surface area contributed by atoms with E-state index < -0.39 is 15.9 Å². The Labute approximate surface area is 194 Å². The van der Waals surface area contributed by atoms with E-state index in [-0.39, 0.29) is 16.5 Å². The molecule has 33 heavy (non-hydrogen) atoms. The van der Waals surface area contributed by atoms with Crippen molar-refractivity contribution in [3.05, 3.63) is 48.0 Å². The molecule has 0 saturated carbocycles. The first-order chi connectivity index (χ1) is 15.9. The molecule has 176 valence electrons. The van der Waals surface area contributed by atoms with Gasteiger partial charge in [-0.15, -0.1) is 0 Å². The van der Waals surface area contributed by atoms with Gasteiger partial charge in [0.2, 0.25) is 15.9 Å². The number of nitrogens with one attached hydrogen (secondary N) is 1. The first-order valence-electron chi connectivity index (χ1n) is 11.3. The molecule has 2 aromatic rings. The van der Waals surface area contributed by atoms with Gasteiger partial charge in [0, 0.05) is 37.3 Å². The Hall–Kier alpha value is -2.91. The molecular weight excluding hydrogens is 442 g/mol. The zero-order chi connectivity index (χ0) is 23.4. The number of anilines is 2. The maximum Gasteiger partial charge on any atom is 0.255 e. The summed E-state index contributed by atoms with van der Waals surface area (Å²) in [4.78, 5) is 26.9. The summed E-state index contributed by atoms with van der Waals surface area (Å²) in [6.07, 6.45) is 5.04. The first kappa shape index (κ1) is 23.3. The van der Waals surface area contributed by atoms with Crippen molar-refractivity contribution in [2.75, 3.05) is 37.0 Å². The second-order valence-electron chi connectivity index (χ2n) is 8.33. The van der Waals surface area contributed by atoms with Crippen molar-refractivity contribution in [2.24, 2.45) is 0 Å². The van der Waals surface area contributed by atoms with Crippen LogP contribution < -0.4 is 15.0 Å². The molecule has 0 aliphatic carbocycles. The number of methoxy groups -OCH3 is 1. The van der Waals surface area contributed by atoms with Crippen LogP contribution in [-0.2, 0) is 14.8 Å². The molecule has 4 rings (SSSR count). The molecular formula is C24H29N3O5S. The van der Waals surface area contributed by atoms with Gasteiger partial charge in [0.05, 0.1) is 17.7 Å². The molecule has 1 N–H and O–H groups in total. The van der Waals surface area contributed by atoms with Crippen LogP contribution in [0, 0.1) is 0 Å². The molecule has 0 unspecified atom stereocenters. The Bertz CT molecular complexity index is 1140. The van der Waals surface area contributed by atoms with Crippen LogP contribution >= 0.6 is 0 Å². The highest BCUT2D eigenvalue weighted by atomic mass is 32.2. The van der Waals surface area contributed by atoms with Gasteiger partial charge < -0.3 is 15.0 Å². The standard InChI is InChI=1S/C24H29N3O5S/c1-32-22-12-11-20(33(30,31)26-13-4-2-3-5-14-26)17-21(22)25-24(29)18-8-6-9-19(16-18)27-15-7-10-23(27)28/h6,8-9,11-12,16-17H,2-5,7,10,13-15H2,1H3,(H,25,29). The summed E-state index contributed by atoms with van der Waals surface area (Å²) >= 11 is 0. The second kappa shape index (κ2) is 9.93. The highest BCUT2D eigenvalue weighted by Gasteiger charge is 2.27. The second-order valence-corrected chi connectivity index (χ2v) is 10.3. The number of benzene rings is 2. The predicted molar refractivity (Wildman–Crippen MR) is 126 cm³/mol. The van der Waals surface area contributed by atoms with Gasteiger partial charge in [-0.25, -0.2) is 8.42 Å². The number of hydrogen-bond acceptors (Lipinski definition) is 5. The third kappa shape index (κ3) is 5.04. The molecule has 0 spiro atoms. The normalized spacial score (nSPS) is 17.6. The van der Waals surface area contributed by atoms with Crippen LogP contribution in [0.1, 0.15) is 48.9 Å². The lowest BCUT2D eigenvalue weighted by Gasteiger charge is -2.21. The minimum Gasteiger partial charge on any atom is -0.495 e. The lowest BCUT2D eigenvalue weighted by molar-refractivity contribution is -0.117. The molecule has 0 atom stereocenters. The van der Waals surface area contributed by atoms with Crippen molar-refractivity contribution >= 4 is 33.2 Å². The predicted octanol–water partition coefficient (Wildman–Crippen LogP) is 3.64. The largest absolute Gasteiger partial charge is 0.495 e. The lowest BCUT2D eigenvalue weighted by Crippen LogP contribution is -2.32. The minimum absolute atomic E-state index is 0.0423. The molecule has 2 amide bonds. The summed E-state index contributed by atoms with van der Waals surface area (Å²) in [5.74, 6) is -0.00388. The number of nitrogens with zero attached hydrogens (tertiary/aromatic N) is 2. The van der Waals surface area contributed by atoms with E-state index in [1.165, 1.54) is 23.5 Å². The van der Waals surface area contributed by atoms with Crippen LogP contribution in [0.25, 0.3) is 0 Å². The number of carbonyl (C=O) groups excluding carboxylic acids is 2. The Morgan fingerprint density at radius 1 is 0.970 bits per heavy atom. The van der Waals surface area contributed by atoms with Crippen LogP contribution in [-0.4, -0.2) is 51.3 Å². The summed E-state index contributed by atoms with van der Waals surface area (Å²) in [6.45, 7) is 1.63. The quantitative estimate of drug-likeness (QED) is 0.694. The Morgan fingerprint density at radius 3 is 2.39 bits per heavy atom. The number of hydrogen-bond donors (Lipinski definition) is 1. The maximum atomic E-state index is 13.2. The lowest BCUT2D eigenvalue weighted by atomic mass is 10.1. The monoisotopic (exact) mass is 471 g/mol. The average molecular weight is 472 g/mol. The van der Waals surface area contributed by atoms with E-state index in [4.69, 9.17) is 4.74 Å². The van der Waals surface area contributed by atoms with E-state index in [0.717, 1.165) is 32.1 Å². The highest BCUT2D eigenvalue weighted by Crippen LogP contribution is 2.31. The first-order valence-corrected chi connectivity index (χ1v) is 12.7. The fraction of sp³-hybridized carbons (Fsp3) is 0.417. The summed E-state index contributed by atoms with van der Waals surface area (Å²) in [5.41, 5.74) is 1.32. The van der Waals surface area contributed by atoms with Crippen molar-refractivity contribution in [3.8, 4) is 5.75 Å². The van der Waals surface area contributed by atoms with Gasteiger partial charge in [0.25, 0.3) is 5.91 Å². The van der Waals surface area contributed by atoms with Crippen molar-refractivity contribution in [2.45, 2.75) is 43.4 Å². The van der Waals surface area contributed by atoms with Gasteiger partial charge in [0.15, 0.2) is 0 Å². The summed E-state index contributed by atoms with van der Waals surface area (Å²) < 4.78 is 33.3. The number of amides is 2. The fourth-order valence-corrected chi connectivity index (χ4v) is 5.85. The summed E-state index contributed by atoms with van der Waals surface area (Å²) in [5, 5.41) is 2.78. The van der Waals surface area contributed by atoms with Crippen LogP contribution in [0.15, 0.2) is 47.4 Å². The molecule has 9 heteroatoms. The van der Waals surface area contributed by atoms with Crippen LogP contribution in [0.2, 0.25) is 0 Å². The van der Waals surface area contributed by atoms with E-state index in [2.05, 4.69) is 5.32 Å². The van der Waals surface area contributed by atoms with E-state index >= 15 is 0 Å². The summed E-state index contributed by atoms with van der Waals surface area (Å²) in [6, 6.07) is 11.4. The van der Waals surface area contributed by atoms with Crippen LogP contribution in [0.4, 0.5) is 11.4 Å². The smallest absolute Gasteiger partial charge is 0.255 e. The van der Waals surface area contributed by atoms with Crippen molar-refractivity contribution in [3.63, 3.8) is 0 Å². The van der Waals surface area contributed by atoms with Gasteiger partial charge in [-0.2, -0.15) is 4.31 Å². The third-order valence-corrected chi connectivity index (χ3v) is 8.01. The highest BCUT2D eigenvalue weighted by molar-refractivity contribution is 7.89. The molecule has 0 aromatic heterocycles. The van der Waals surface area contributed by atoms with Crippen molar-refractivity contribution < 1.29 is 22.7 Å². The Balaban J connectivity index is 1.59. The van der Waals surface area contributed by atoms with Gasteiger partial charge in [-0.1, -0.05) is 18.9 Å². The maximum absolute atomic E-state index is 13.2. The molecule has 2 aliphatic rings. The van der Waals surface area contributed by atoms with E-state index in [9.17, 15) is 18.0 Å². The zero-order valence-electron chi connectivity index (χ0n) is 18.7. The number of sulfonamides is 1. The SMILES string of the molecule is COc1ccc(S(=O)(=O)N2CCCCCC2)cc1NC(=O)c1cccc(N2CCCC2=O)c1. The average Bonchev–Trinajstić information content (AvgIpc) is 3.06. The zero-order valence-corrected chi connectivity index (χ0v) is 19.6. The van der Waals surface area contributed by atoms with E-state index in [1.54, 1.807) is 35.2 Å². The molecule has 8 nitrogen and oxygen atoms in total. The van der Waals surface area contributed by atoms with Gasteiger partial charge in [-0.3, -0.25) is 9.59 Å². The molecule has 2 aromatic carbocycles. The van der Waals surface area contributed by atoms with Gasteiger partial charge >= 0.3 is 0 Å². The molecule has 2 heterocycles. The van der Waals surface area contributed by atoms with Crippen molar-refractivity contribution in [1.82, 2.24) is 4.31 Å². The summed E-state index contributed by atoms with van der Waals surface area (Å²) in [7, 11) is -2.21.